The summed E-state index contributed by atoms with van der Waals surface area (Å²) >= 11 is 0. The summed E-state index contributed by atoms with van der Waals surface area (Å²) in [6, 6.07) is 3.83. The van der Waals surface area contributed by atoms with Crippen molar-refractivity contribution >= 4 is 12.0 Å². The van der Waals surface area contributed by atoms with Gasteiger partial charge in [-0.25, -0.2) is 0 Å². The van der Waals surface area contributed by atoms with Gasteiger partial charge in [0.05, 0.1) is 0 Å². The number of amides is 1. The molecule has 0 aliphatic heterocycles. The topological polar surface area (TPSA) is 42.0 Å². The van der Waals surface area contributed by atoms with Crippen LogP contribution in [0.15, 0.2) is 30.6 Å². The van der Waals surface area contributed by atoms with Gasteiger partial charge in [-0.1, -0.05) is 6.07 Å². The van der Waals surface area contributed by atoms with Crippen LogP contribution in [0.4, 0.5) is 0 Å². The van der Waals surface area contributed by atoms with Gasteiger partial charge >= 0.3 is 0 Å². The fourth-order valence-electron chi connectivity index (χ4n) is 5.75. The first-order valence-corrected chi connectivity index (χ1v) is 9.07. The zero-order valence-corrected chi connectivity index (χ0v) is 13.7. The molecule has 4 fully saturated rings. The number of pyridine rings is 1. The second kappa shape index (κ2) is 6.10. The maximum Gasteiger partial charge on any atom is 0.244 e. The quantitative estimate of drug-likeness (QED) is 0.840. The number of aromatic nitrogens is 1. The van der Waals surface area contributed by atoms with Gasteiger partial charge in [0.25, 0.3) is 0 Å². The minimum atomic E-state index is 0.0126. The summed E-state index contributed by atoms with van der Waals surface area (Å²) in [5.41, 5.74) is 1.51. The molecular formula is C20H26N2O. The fraction of sp³-hybridized carbons (Fsp3) is 0.600. The lowest BCUT2D eigenvalue weighted by molar-refractivity contribution is -0.116. The molecule has 4 bridgehead atoms. The Balaban J connectivity index is 1.27. The molecule has 3 nitrogen and oxygen atoms in total. The maximum absolute atomic E-state index is 12.0. The molecule has 0 unspecified atom stereocenters. The van der Waals surface area contributed by atoms with E-state index in [1.807, 2.05) is 18.2 Å². The van der Waals surface area contributed by atoms with Crippen LogP contribution in [-0.2, 0) is 4.79 Å². The number of hydrogen-bond acceptors (Lipinski definition) is 2. The molecule has 4 aliphatic carbocycles. The fourth-order valence-corrected chi connectivity index (χ4v) is 5.75. The molecule has 0 saturated heterocycles. The van der Waals surface area contributed by atoms with E-state index in [1.54, 1.807) is 18.5 Å². The van der Waals surface area contributed by atoms with E-state index in [2.05, 4.69) is 10.3 Å². The molecule has 1 amide bonds. The SMILES string of the molecule is O=C(/C=C/c1cccnc1)NCCC12CC3CC(CC(C3)C1)C2. The molecule has 1 N–H and O–H groups in total. The number of nitrogens with one attached hydrogen (secondary N) is 1. The van der Waals surface area contributed by atoms with Gasteiger partial charge in [-0.3, -0.25) is 9.78 Å². The Hall–Kier alpha value is -1.64. The summed E-state index contributed by atoms with van der Waals surface area (Å²) in [6.45, 7) is 0.822. The first-order chi connectivity index (χ1) is 11.2. The third-order valence-corrected chi connectivity index (χ3v) is 6.23. The van der Waals surface area contributed by atoms with Crippen molar-refractivity contribution in [3.05, 3.63) is 36.2 Å². The van der Waals surface area contributed by atoms with Crippen LogP contribution in [0.2, 0.25) is 0 Å². The summed E-state index contributed by atoms with van der Waals surface area (Å²) in [5, 5.41) is 3.08. The van der Waals surface area contributed by atoms with Gasteiger partial charge in [0.15, 0.2) is 0 Å². The number of carbonyl (C=O) groups excluding carboxylic acids is 1. The highest BCUT2D eigenvalue weighted by atomic mass is 16.1. The zero-order chi connectivity index (χ0) is 15.7. The first-order valence-electron chi connectivity index (χ1n) is 9.07. The van der Waals surface area contributed by atoms with Gasteiger partial charge in [0.2, 0.25) is 5.91 Å². The highest BCUT2D eigenvalue weighted by Gasteiger charge is 2.50. The van der Waals surface area contributed by atoms with Gasteiger partial charge in [0, 0.05) is 25.0 Å². The summed E-state index contributed by atoms with van der Waals surface area (Å²) in [5.74, 6) is 2.98. The van der Waals surface area contributed by atoms with Crippen LogP contribution in [0.3, 0.4) is 0 Å². The predicted molar refractivity (Wildman–Crippen MR) is 91.5 cm³/mol. The van der Waals surface area contributed by atoms with Crippen LogP contribution in [0.1, 0.15) is 50.5 Å². The number of nitrogens with zero attached hydrogens (tertiary/aromatic N) is 1. The number of rotatable bonds is 5. The first kappa shape index (κ1) is 14.9. The highest BCUT2D eigenvalue weighted by Crippen LogP contribution is 2.61. The second-order valence-electron chi connectivity index (χ2n) is 8.08. The Kier molecular flexibility index (Phi) is 3.96. The lowest BCUT2D eigenvalue weighted by Gasteiger charge is -2.57. The summed E-state index contributed by atoms with van der Waals surface area (Å²) < 4.78 is 0. The Morgan fingerprint density at radius 3 is 2.52 bits per heavy atom. The van der Waals surface area contributed by atoms with Crippen molar-refractivity contribution in [2.24, 2.45) is 23.2 Å². The van der Waals surface area contributed by atoms with E-state index >= 15 is 0 Å². The van der Waals surface area contributed by atoms with Crippen molar-refractivity contribution in [3.63, 3.8) is 0 Å². The summed E-state index contributed by atoms with van der Waals surface area (Å²) in [6.07, 6.45) is 16.8. The Morgan fingerprint density at radius 1 is 1.22 bits per heavy atom. The predicted octanol–water partition coefficient (Wildman–Crippen LogP) is 3.82. The minimum Gasteiger partial charge on any atom is -0.353 e. The molecule has 0 atom stereocenters. The number of hydrogen-bond donors (Lipinski definition) is 1. The van der Waals surface area contributed by atoms with Crippen molar-refractivity contribution in [1.29, 1.82) is 0 Å². The lowest BCUT2D eigenvalue weighted by Crippen LogP contribution is -2.47. The third-order valence-electron chi connectivity index (χ3n) is 6.23. The molecule has 0 spiro atoms. The zero-order valence-electron chi connectivity index (χ0n) is 13.7. The van der Waals surface area contributed by atoms with E-state index in [9.17, 15) is 4.79 Å². The van der Waals surface area contributed by atoms with E-state index in [4.69, 9.17) is 0 Å². The molecule has 0 aromatic carbocycles. The van der Waals surface area contributed by atoms with E-state index in [1.165, 1.54) is 44.9 Å². The highest BCUT2D eigenvalue weighted by molar-refractivity contribution is 5.91. The summed E-state index contributed by atoms with van der Waals surface area (Å²) in [7, 11) is 0. The van der Waals surface area contributed by atoms with Gasteiger partial charge in [-0.2, -0.15) is 0 Å². The third kappa shape index (κ3) is 3.34. The van der Waals surface area contributed by atoms with E-state index in [0.717, 1.165) is 29.9 Å². The van der Waals surface area contributed by atoms with E-state index in [0.29, 0.717) is 5.41 Å². The van der Waals surface area contributed by atoms with Crippen molar-refractivity contribution in [3.8, 4) is 0 Å². The Bertz CT molecular complexity index is 558. The van der Waals surface area contributed by atoms with Gasteiger partial charge in [-0.05, 0) is 85.8 Å². The summed E-state index contributed by atoms with van der Waals surface area (Å²) in [4.78, 5) is 16.0. The van der Waals surface area contributed by atoms with E-state index in [-0.39, 0.29) is 5.91 Å². The average molecular weight is 310 g/mol. The van der Waals surface area contributed by atoms with Crippen LogP contribution < -0.4 is 5.32 Å². The molecule has 1 aromatic heterocycles. The van der Waals surface area contributed by atoms with Gasteiger partial charge in [0.1, 0.15) is 0 Å². The smallest absolute Gasteiger partial charge is 0.244 e. The monoisotopic (exact) mass is 310 g/mol. The van der Waals surface area contributed by atoms with Crippen molar-refractivity contribution in [1.82, 2.24) is 10.3 Å². The minimum absolute atomic E-state index is 0.0126. The molecule has 0 radical (unpaired) electrons. The van der Waals surface area contributed by atoms with Crippen LogP contribution in [-0.4, -0.2) is 17.4 Å². The van der Waals surface area contributed by atoms with Crippen molar-refractivity contribution < 1.29 is 4.79 Å². The molecule has 3 heteroatoms. The van der Waals surface area contributed by atoms with Crippen molar-refractivity contribution in [2.75, 3.05) is 6.54 Å². The van der Waals surface area contributed by atoms with Crippen molar-refractivity contribution in [2.45, 2.75) is 44.9 Å². The Labute approximate surface area is 138 Å². The van der Waals surface area contributed by atoms with Crippen LogP contribution >= 0.6 is 0 Å². The van der Waals surface area contributed by atoms with Crippen LogP contribution in [0.5, 0.6) is 0 Å². The standard InChI is InChI=1S/C20H26N2O/c23-19(4-3-15-2-1-6-21-14-15)22-7-5-20-11-16-8-17(12-20)10-18(9-16)13-20/h1-4,6,14,16-18H,5,7-13H2,(H,22,23)/b4-3+. The lowest BCUT2D eigenvalue weighted by atomic mass is 9.49. The molecule has 1 heterocycles. The van der Waals surface area contributed by atoms with Crippen LogP contribution in [0, 0.1) is 23.2 Å². The molecule has 5 rings (SSSR count). The van der Waals surface area contributed by atoms with Gasteiger partial charge < -0.3 is 5.32 Å². The normalized spacial score (nSPS) is 34.9. The van der Waals surface area contributed by atoms with Gasteiger partial charge in [-0.15, -0.1) is 0 Å². The largest absolute Gasteiger partial charge is 0.353 e. The van der Waals surface area contributed by atoms with Crippen LogP contribution in [0.25, 0.3) is 6.08 Å². The molecule has 23 heavy (non-hydrogen) atoms. The maximum atomic E-state index is 12.0. The number of carbonyl (C=O) groups is 1. The molecule has 4 saturated carbocycles. The molecule has 1 aromatic rings. The Morgan fingerprint density at radius 2 is 1.91 bits per heavy atom. The van der Waals surface area contributed by atoms with E-state index < -0.39 is 0 Å². The molecule has 122 valence electrons. The average Bonchev–Trinajstić information content (AvgIpc) is 2.52. The molecular weight excluding hydrogens is 284 g/mol. The second-order valence-corrected chi connectivity index (χ2v) is 8.08. The molecule has 4 aliphatic rings.